The molecule has 1 N–H and O–H groups in total. The lowest BCUT2D eigenvalue weighted by molar-refractivity contribution is -0.116. The van der Waals surface area contributed by atoms with Gasteiger partial charge in [0.25, 0.3) is 0 Å². The van der Waals surface area contributed by atoms with Crippen molar-refractivity contribution in [2.75, 3.05) is 5.32 Å². The van der Waals surface area contributed by atoms with E-state index in [0.717, 1.165) is 29.7 Å². The molecule has 0 unspecified atom stereocenters. The van der Waals surface area contributed by atoms with Crippen LogP contribution in [0.15, 0.2) is 41.7 Å². The van der Waals surface area contributed by atoms with E-state index in [1.165, 1.54) is 6.20 Å². The zero-order valence-corrected chi connectivity index (χ0v) is 13.0. The molecule has 0 spiro atoms. The van der Waals surface area contributed by atoms with Gasteiger partial charge in [-0.1, -0.05) is 23.7 Å². The van der Waals surface area contributed by atoms with Crippen molar-refractivity contribution in [3.05, 3.63) is 57.9 Å². The molecule has 0 radical (unpaired) electrons. The minimum Gasteiger partial charge on any atom is -0.342 e. The molecule has 6 heteroatoms. The van der Waals surface area contributed by atoms with Crippen LogP contribution in [0.2, 0.25) is 5.02 Å². The van der Waals surface area contributed by atoms with Crippen molar-refractivity contribution in [2.24, 2.45) is 0 Å². The number of nitrogens with one attached hydrogen (secondary N) is 1. The van der Waals surface area contributed by atoms with Crippen LogP contribution in [0.5, 0.6) is 0 Å². The molecule has 0 amide bonds. The highest BCUT2D eigenvalue weighted by atomic mass is 35.5. The third kappa shape index (κ3) is 2.14. The number of allylic oxidation sites excluding steroid dienone is 2. The molecular weight excluding hydrogens is 312 g/mol. The summed E-state index contributed by atoms with van der Waals surface area (Å²) in [6, 6.07) is 9.26. The Morgan fingerprint density at radius 2 is 2.09 bits per heavy atom. The van der Waals surface area contributed by atoms with Crippen LogP contribution in [0.3, 0.4) is 0 Å². The van der Waals surface area contributed by atoms with E-state index in [1.54, 1.807) is 16.8 Å². The average Bonchev–Trinajstić information content (AvgIpc) is 2.97. The maximum absolute atomic E-state index is 12.5. The van der Waals surface area contributed by atoms with Crippen molar-refractivity contribution in [3.8, 4) is 6.07 Å². The highest BCUT2D eigenvalue weighted by Gasteiger charge is 2.36. The number of halogens is 1. The van der Waals surface area contributed by atoms with Crippen LogP contribution in [-0.4, -0.2) is 15.6 Å². The number of hydrogen-bond donors (Lipinski definition) is 1. The molecule has 23 heavy (non-hydrogen) atoms. The molecule has 2 heterocycles. The molecule has 1 aromatic carbocycles. The van der Waals surface area contributed by atoms with Crippen LogP contribution in [-0.2, 0) is 4.79 Å². The van der Waals surface area contributed by atoms with Gasteiger partial charge in [-0.25, -0.2) is 4.68 Å². The number of aromatic nitrogens is 2. The summed E-state index contributed by atoms with van der Waals surface area (Å²) >= 11 is 5.99. The molecule has 2 aromatic rings. The first-order valence-corrected chi connectivity index (χ1v) is 7.83. The number of nitriles is 1. The Morgan fingerprint density at radius 3 is 2.83 bits per heavy atom. The highest BCUT2D eigenvalue weighted by Crippen LogP contribution is 2.41. The van der Waals surface area contributed by atoms with E-state index in [-0.39, 0.29) is 11.8 Å². The molecule has 1 atom stereocenters. The molecule has 0 saturated heterocycles. The zero-order valence-electron chi connectivity index (χ0n) is 12.2. The Hall–Kier alpha value is -2.58. The van der Waals surface area contributed by atoms with Crippen molar-refractivity contribution in [1.82, 2.24) is 9.78 Å². The summed E-state index contributed by atoms with van der Waals surface area (Å²) in [6.07, 6.45) is 3.72. The van der Waals surface area contributed by atoms with Gasteiger partial charge >= 0.3 is 0 Å². The summed E-state index contributed by atoms with van der Waals surface area (Å²) < 4.78 is 1.73. The summed E-state index contributed by atoms with van der Waals surface area (Å²) in [6.45, 7) is 0. The normalized spacial score (nSPS) is 19.7. The fourth-order valence-electron chi connectivity index (χ4n) is 3.29. The first kappa shape index (κ1) is 14.0. The van der Waals surface area contributed by atoms with Crippen LogP contribution in [0.25, 0.3) is 0 Å². The van der Waals surface area contributed by atoms with Crippen LogP contribution in [0.1, 0.15) is 36.4 Å². The smallest absolute Gasteiger partial charge is 0.163 e. The molecule has 114 valence electrons. The molecule has 0 fully saturated rings. The van der Waals surface area contributed by atoms with E-state index in [2.05, 4.69) is 16.5 Å². The van der Waals surface area contributed by atoms with Crippen molar-refractivity contribution < 1.29 is 4.79 Å². The minimum atomic E-state index is -0.312. The fraction of sp³-hybridized carbons (Fsp3) is 0.235. The Bertz CT molecular complexity index is 873. The van der Waals surface area contributed by atoms with Gasteiger partial charge < -0.3 is 5.32 Å². The van der Waals surface area contributed by atoms with Gasteiger partial charge in [0.1, 0.15) is 23.5 Å². The van der Waals surface area contributed by atoms with Gasteiger partial charge in [-0.2, -0.15) is 10.4 Å². The summed E-state index contributed by atoms with van der Waals surface area (Å²) in [5, 5.41) is 17.5. The number of ketones is 1. The number of benzene rings is 1. The van der Waals surface area contributed by atoms with Crippen LogP contribution >= 0.6 is 11.6 Å². The number of carbonyl (C=O) groups is 1. The summed E-state index contributed by atoms with van der Waals surface area (Å²) in [7, 11) is 0. The van der Waals surface area contributed by atoms with Gasteiger partial charge in [0.15, 0.2) is 5.78 Å². The first-order valence-electron chi connectivity index (χ1n) is 7.45. The number of anilines is 1. The van der Waals surface area contributed by atoms with Crippen LogP contribution in [0, 0.1) is 11.3 Å². The van der Waals surface area contributed by atoms with Crippen LogP contribution in [0.4, 0.5) is 5.82 Å². The van der Waals surface area contributed by atoms with Gasteiger partial charge in [0, 0.05) is 22.7 Å². The highest BCUT2D eigenvalue weighted by molar-refractivity contribution is 6.30. The van der Waals surface area contributed by atoms with Crippen molar-refractivity contribution in [1.29, 1.82) is 5.26 Å². The fourth-order valence-corrected chi connectivity index (χ4v) is 3.42. The first-order chi connectivity index (χ1) is 11.2. The Balaban J connectivity index is 1.94. The monoisotopic (exact) mass is 324 g/mol. The lowest BCUT2D eigenvalue weighted by atomic mass is 9.85. The maximum Gasteiger partial charge on any atom is 0.163 e. The molecule has 0 saturated carbocycles. The van der Waals surface area contributed by atoms with Gasteiger partial charge in [-0.15, -0.1) is 0 Å². The molecule has 5 nitrogen and oxygen atoms in total. The molecule has 0 bridgehead atoms. The second kappa shape index (κ2) is 5.25. The molecule has 1 aromatic heterocycles. The van der Waals surface area contributed by atoms with E-state index in [1.807, 2.05) is 12.1 Å². The molecule has 4 rings (SSSR count). The molecule has 2 aliphatic rings. The summed E-state index contributed by atoms with van der Waals surface area (Å²) in [4.78, 5) is 12.5. The third-order valence-electron chi connectivity index (χ3n) is 4.35. The van der Waals surface area contributed by atoms with Gasteiger partial charge in [-0.05, 0) is 30.5 Å². The zero-order chi connectivity index (χ0) is 16.0. The van der Waals surface area contributed by atoms with Crippen molar-refractivity contribution in [3.63, 3.8) is 0 Å². The number of Topliss-reactive ketones (excluding diaryl/α,β-unsaturated/α-hetero) is 1. The lowest BCUT2D eigenvalue weighted by Crippen LogP contribution is -2.31. The number of fused-ring (bicyclic) bond motifs is 1. The largest absolute Gasteiger partial charge is 0.342 e. The SMILES string of the molecule is N#Cc1cnn2c1NC1=C(C(=O)CCC1)[C@H]2c1ccc(Cl)cc1. The van der Waals surface area contributed by atoms with Crippen LogP contribution < -0.4 is 5.32 Å². The van der Waals surface area contributed by atoms with E-state index in [9.17, 15) is 10.1 Å². The van der Waals surface area contributed by atoms with Gasteiger partial charge in [-0.3, -0.25) is 4.79 Å². The molecular formula is C17H13ClN4O. The lowest BCUT2D eigenvalue weighted by Gasteiger charge is -2.33. The predicted molar refractivity (Wildman–Crippen MR) is 86.0 cm³/mol. The minimum absolute atomic E-state index is 0.137. The Kier molecular flexibility index (Phi) is 3.21. The van der Waals surface area contributed by atoms with E-state index in [0.29, 0.717) is 22.8 Å². The number of hydrogen-bond acceptors (Lipinski definition) is 4. The standard InChI is InChI=1S/C17H13ClN4O/c18-12-6-4-10(5-7-12)16-15-13(2-1-3-14(15)23)21-17-11(8-19)9-20-22(16)17/h4-7,9,16,21H,1-3H2/t16-/m1/s1. The number of nitrogens with zero attached hydrogens (tertiary/aromatic N) is 3. The summed E-state index contributed by atoms with van der Waals surface area (Å²) in [5.41, 5.74) is 3.07. The Labute approximate surface area is 138 Å². The second-order valence-corrected chi connectivity index (χ2v) is 6.15. The molecule has 1 aliphatic carbocycles. The topological polar surface area (TPSA) is 70.7 Å². The predicted octanol–water partition coefficient (Wildman–Crippen LogP) is 3.43. The van der Waals surface area contributed by atoms with E-state index >= 15 is 0 Å². The quantitative estimate of drug-likeness (QED) is 0.872. The van der Waals surface area contributed by atoms with Gasteiger partial charge in [0.05, 0.1) is 6.20 Å². The maximum atomic E-state index is 12.5. The number of rotatable bonds is 1. The van der Waals surface area contributed by atoms with E-state index < -0.39 is 0 Å². The summed E-state index contributed by atoms with van der Waals surface area (Å²) in [5.74, 6) is 0.791. The number of carbonyl (C=O) groups excluding carboxylic acids is 1. The second-order valence-electron chi connectivity index (χ2n) is 5.71. The Morgan fingerprint density at radius 1 is 1.30 bits per heavy atom. The van der Waals surface area contributed by atoms with Crippen molar-refractivity contribution >= 4 is 23.2 Å². The molecule has 1 aliphatic heterocycles. The van der Waals surface area contributed by atoms with E-state index in [4.69, 9.17) is 11.6 Å². The average molecular weight is 325 g/mol. The van der Waals surface area contributed by atoms with Gasteiger partial charge in [0.2, 0.25) is 0 Å². The van der Waals surface area contributed by atoms with Crippen molar-refractivity contribution in [2.45, 2.75) is 25.3 Å². The third-order valence-corrected chi connectivity index (χ3v) is 4.60.